The van der Waals surface area contributed by atoms with Crippen LogP contribution in [0.15, 0.2) is 34.9 Å². The van der Waals surface area contributed by atoms with Gasteiger partial charge in [0.25, 0.3) is 0 Å². The molecule has 10 heteroatoms. The van der Waals surface area contributed by atoms with Gasteiger partial charge in [-0.1, -0.05) is 5.16 Å². The second-order valence-electron chi connectivity index (χ2n) is 8.56. The van der Waals surface area contributed by atoms with Gasteiger partial charge in [0, 0.05) is 42.5 Å². The summed E-state index contributed by atoms with van der Waals surface area (Å²) >= 11 is 0. The second-order valence-corrected chi connectivity index (χ2v) is 8.56. The molecule has 33 heavy (non-hydrogen) atoms. The number of anilines is 3. The van der Waals surface area contributed by atoms with E-state index in [1.54, 1.807) is 13.0 Å². The lowest BCUT2D eigenvalue weighted by molar-refractivity contribution is 0.0984. The maximum atomic E-state index is 12.2. The van der Waals surface area contributed by atoms with Crippen molar-refractivity contribution in [3.63, 3.8) is 0 Å². The number of benzene rings is 1. The summed E-state index contributed by atoms with van der Waals surface area (Å²) in [7, 11) is 2.10. The average Bonchev–Trinajstić information content (AvgIpc) is 3.38. The molecule has 172 valence electrons. The van der Waals surface area contributed by atoms with Crippen molar-refractivity contribution in [1.29, 1.82) is 0 Å². The highest BCUT2D eigenvalue weighted by Crippen LogP contribution is 2.33. The van der Waals surface area contributed by atoms with Crippen molar-refractivity contribution in [3.05, 3.63) is 47.3 Å². The Labute approximate surface area is 191 Å². The standard InChI is InChI=1S/C23H27N7O3/c1-14-13-32-9-8-30(14)22-18-11-29(3)12-19(18)25-21(27-22)16-4-6-17(7-5-16)24-23(31)26-20-10-15(2)33-28-20/h4-7,10,14H,8-9,11-13H2,1-3H3,(H2,24,26,28,31). The Bertz CT molecular complexity index is 1160. The maximum absolute atomic E-state index is 12.2. The van der Waals surface area contributed by atoms with Crippen LogP contribution in [0, 0.1) is 6.92 Å². The number of morpholine rings is 1. The molecular weight excluding hydrogens is 422 g/mol. The highest BCUT2D eigenvalue weighted by atomic mass is 16.5. The van der Waals surface area contributed by atoms with Crippen LogP contribution in [0.5, 0.6) is 0 Å². The molecule has 10 nitrogen and oxygen atoms in total. The summed E-state index contributed by atoms with van der Waals surface area (Å²) in [4.78, 5) is 26.6. The molecule has 2 aromatic heterocycles. The number of carbonyl (C=O) groups is 1. The minimum Gasteiger partial charge on any atom is -0.377 e. The first-order valence-corrected chi connectivity index (χ1v) is 11.0. The van der Waals surface area contributed by atoms with Crippen molar-refractivity contribution in [1.82, 2.24) is 20.0 Å². The Hall–Kier alpha value is -3.50. The van der Waals surface area contributed by atoms with Crippen molar-refractivity contribution >= 4 is 23.4 Å². The molecule has 1 atom stereocenters. The Morgan fingerprint density at radius 2 is 1.97 bits per heavy atom. The van der Waals surface area contributed by atoms with E-state index in [4.69, 9.17) is 19.2 Å². The van der Waals surface area contributed by atoms with E-state index in [9.17, 15) is 4.79 Å². The van der Waals surface area contributed by atoms with Crippen molar-refractivity contribution in [2.45, 2.75) is 33.0 Å². The summed E-state index contributed by atoms with van der Waals surface area (Å²) in [6, 6.07) is 9.03. The van der Waals surface area contributed by atoms with Gasteiger partial charge in [0.15, 0.2) is 11.6 Å². The van der Waals surface area contributed by atoms with Crippen LogP contribution < -0.4 is 15.5 Å². The number of ether oxygens (including phenoxy) is 1. The van der Waals surface area contributed by atoms with Crippen molar-refractivity contribution in [2.75, 3.05) is 42.3 Å². The number of hydrogen-bond donors (Lipinski definition) is 2. The summed E-state index contributed by atoms with van der Waals surface area (Å²) in [5.41, 5.74) is 3.82. The van der Waals surface area contributed by atoms with Gasteiger partial charge in [-0.25, -0.2) is 14.8 Å². The van der Waals surface area contributed by atoms with Crippen LogP contribution >= 0.6 is 0 Å². The van der Waals surface area contributed by atoms with E-state index < -0.39 is 6.03 Å². The molecule has 1 saturated heterocycles. The van der Waals surface area contributed by atoms with Gasteiger partial charge in [-0.3, -0.25) is 10.2 Å². The van der Waals surface area contributed by atoms with Crippen LogP contribution in [0.4, 0.5) is 22.1 Å². The van der Waals surface area contributed by atoms with Gasteiger partial charge in [-0.2, -0.15) is 0 Å². The fourth-order valence-corrected chi connectivity index (χ4v) is 4.21. The Kier molecular flexibility index (Phi) is 5.69. The lowest BCUT2D eigenvalue weighted by Gasteiger charge is -2.35. The zero-order chi connectivity index (χ0) is 22.9. The van der Waals surface area contributed by atoms with Crippen molar-refractivity contribution in [2.24, 2.45) is 0 Å². The number of nitrogens with zero attached hydrogens (tertiary/aromatic N) is 5. The second kappa shape index (κ2) is 8.80. The Morgan fingerprint density at radius 3 is 2.70 bits per heavy atom. The highest BCUT2D eigenvalue weighted by molar-refractivity contribution is 5.99. The average molecular weight is 450 g/mol. The van der Waals surface area contributed by atoms with Gasteiger partial charge >= 0.3 is 6.03 Å². The van der Waals surface area contributed by atoms with E-state index in [-0.39, 0.29) is 6.04 Å². The predicted molar refractivity (Wildman–Crippen MR) is 124 cm³/mol. The molecule has 2 aliphatic rings. The molecule has 1 fully saturated rings. The van der Waals surface area contributed by atoms with Gasteiger partial charge in [-0.05, 0) is 45.2 Å². The summed E-state index contributed by atoms with van der Waals surface area (Å²) < 4.78 is 10.6. The molecule has 0 saturated carbocycles. The summed E-state index contributed by atoms with van der Waals surface area (Å²) in [5.74, 6) is 2.68. The summed E-state index contributed by atoms with van der Waals surface area (Å²) in [6.45, 7) is 7.79. The van der Waals surface area contributed by atoms with Crippen LogP contribution in [0.25, 0.3) is 11.4 Å². The molecule has 2 N–H and O–H groups in total. The number of urea groups is 1. The number of aryl methyl sites for hydroxylation is 1. The van der Waals surface area contributed by atoms with Gasteiger partial charge in [0.2, 0.25) is 0 Å². The molecule has 2 aliphatic heterocycles. The number of hydrogen-bond acceptors (Lipinski definition) is 8. The topological polar surface area (TPSA) is 109 Å². The van der Waals surface area contributed by atoms with Crippen LogP contribution in [0.2, 0.25) is 0 Å². The number of nitrogens with one attached hydrogen (secondary N) is 2. The van der Waals surface area contributed by atoms with Crippen LogP contribution in [-0.4, -0.2) is 58.9 Å². The smallest absolute Gasteiger partial charge is 0.324 e. The molecule has 2 amide bonds. The monoisotopic (exact) mass is 449 g/mol. The van der Waals surface area contributed by atoms with E-state index in [1.165, 1.54) is 5.56 Å². The highest BCUT2D eigenvalue weighted by Gasteiger charge is 2.29. The lowest BCUT2D eigenvalue weighted by atomic mass is 10.1. The fourth-order valence-electron chi connectivity index (χ4n) is 4.21. The van der Waals surface area contributed by atoms with Crippen molar-refractivity contribution in [3.8, 4) is 11.4 Å². The molecule has 0 radical (unpaired) electrons. The molecule has 5 rings (SSSR count). The zero-order valence-electron chi connectivity index (χ0n) is 19.0. The first-order chi connectivity index (χ1) is 16.0. The van der Waals surface area contributed by atoms with Gasteiger partial charge < -0.3 is 19.5 Å². The minimum atomic E-state index is -0.392. The molecule has 4 heterocycles. The number of rotatable bonds is 4. The third-order valence-electron chi connectivity index (χ3n) is 5.83. The SMILES string of the molecule is Cc1cc(NC(=O)Nc2ccc(-c3nc4c(c(N5CCOCC5C)n3)CN(C)C4)cc2)no1. The van der Waals surface area contributed by atoms with E-state index in [0.717, 1.165) is 36.7 Å². The van der Waals surface area contributed by atoms with Crippen molar-refractivity contribution < 1.29 is 14.1 Å². The largest absolute Gasteiger partial charge is 0.377 e. The van der Waals surface area contributed by atoms with Crippen LogP contribution in [0.1, 0.15) is 23.9 Å². The number of carbonyl (C=O) groups excluding carboxylic acids is 1. The van der Waals surface area contributed by atoms with E-state index in [1.807, 2.05) is 24.3 Å². The summed E-state index contributed by atoms with van der Waals surface area (Å²) in [6.07, 6.45) is 0. The molecule has 1 unspecified atom stereocenters. The van der Waals surface area contributed by atoms with Crippen LogP contribution in [0.3, 0.4) is 0 Å². The molecule has 1 aromatic carbocycles. The molecule has 0 bridgehead atoms. The zero-order valence-corrected chi connectivity index (χ0v) is 19.0. The van der Waals surface area contributed by atoms with E-state index in [0.29, 0.717) is 36.3 Å². The predicted octanol–water partition coefficient (Wildman–Crippen LogP) is 3.25. The number of amides is 2. The first kappa shape index (κ1) is 21.4. The summed E-state index contributed by atoms with van der Waals surface area (Å²) in [5, 5.41) is 9.19. The first-order valence-electron chi connectivity index (χ1n) is 11.0. The molecular formula is C23H27N7O3. The molecule has 3 aromatic rings. The molecule has 0 spiro atoms. The van der Waals surface area contributed by atoms with Crippen LogP contribution in [-0.2, 0) is 17.8 Å². The van der Waals surface area contributed by atoms with Gasteiger partial charge in [0.1, 0.15) is 11.6 Å². The van der Waals surface area contributed by atoms with E-state index >= 15 is 0 Å². The Balaban J connectivity index is 1.37. The quantitative estimate of drug-likeness (QED) is 0.625. The van der Waals surface area contributed by atoms with Gasteiger partial charge in [0.05, 0.1) is 24.9 Å². The Morgan fingerprint density at radius 1 is 1.15 bits per heavy atom. The maximum Gasteiger partial charge on any atom is 0.324 e. The van der Waals surface area contributed by atoms with E-state index in [2.05, 4.69) is 39.6 Å². The normalized spacial score (nSPS) is 18.3. The number of aromatic nitrogens is 3. The third kappa shape index (κ3) is 4.53. The lowest BCUT2D eigenvalue weighted by Crippen LogP contribution is -2.44. The van der Waals surface area contributed by atoms with Gasteiger partial charge in [-0.15, -0.1) is 0 Å². The number of fused-ring (bicyclic) bond motifs is 1. The third-order valence-corrected chi connectivity index (χ3v) is 5.83. The fraction of sp³-hybridized carbons (Fsp3) is 0.391. The molecule has 0 aliphatic carbocycles. The minimum absolute atomic E-state index is 0.259.